The Hall–Kier alpha value is -4.02. The minimum absolute atomic E-state index is 0.0721. The predicted molar refractivity (Wildman–Crippen MR) is 143 cm³/mol. The molecule has 0 spiro atoms. The first kappa shape index (κ1) is 38.4. The standard InChI is InChI=1S/C31H25F13O4/c1-16(2)47-24-12-18(8-9-22(24)33)27(14-17-6-4-3-5-7-17,15-23(45)25(34)28(46,30(39,40)41)31(42,43)44)19-10-20(32)13-21(11-19)48-29(37,38)26(35)36/h3-13,16,25-26,46H,14-15H2,1-2H3/t25?,27-/m1/s1. The quantitative estimate of drug-likeness (QED) is 0.181. The molecule has 0 bridgehead atoms. The molecule has 3 rings (SSSR count). The number of hydrogen-bond donors (Lipinski definition) is 1. The summed E-state index contributed by atoms with van der Waals surface area (Å²) in [7, 11) is 0. The van der Waals surface area contributed by atoms with Crippen LogP contribution < -0.4 is 9.47 Å². The van der Waals surface area contributed by atoms with Crippen molar-refractivity contribution in [2.75, 3.05) is 0 Å². The highest BCUT2D eigenvalue weighted by molar-refractivity contribution is 5.87. The van der Waals surface area contributed by atoms with Gasteiger partial charge in [0.1, 0.15) is 11.6 Å². The minimum Gasteiger partial charge on any atom is -0.488 e. The predicted octanol–water partition coefficient (Wildman–Crippen LogP) is 8.67. The minimum atomic E-state index is -6.81. The number of carbonyl (C=O) groups excluding carboxylic acids is 1. The molecule has 0 radical (unpaired) electrons. The van der Waals surface area contributed by atoms with E-state index >= 15 is 8.78 Å². The Morgan fingerprint density at radius 2 is 1.38 bits per heavy atom. The van der Waals surface area contributed by atoms with E-state index in [9.17, 15) is 58.2 Å². The second-order valence-electron chi connectivity index (χ2n) is 11.0. The molecule has 0 aliphatic carbocycles. The monoisotopic (exact) mass is 708 g/mol. The highest BCUT2D eigenvalue weighted by Crippen LogP contribution is 2.49. The van der Waals surface area contributed by atoms with Crippen molar-refractivity contribution in [1.29, 1.82) is 0 Å². The van der Waals surface area contributed by atoms with Crippen LogP contribution in [0.2, 0.25) is 0 Å². The fraction of sp³-hybridized carbons (Fsp3) is 0.387. The summed E-state index contributed by atoms with van der Waals surface area (Å²) < 4.78 is 189. The number of Topliss-reactive ketones (excluding diaryl/α,β-unsaturated/α-hetero) is 1. The topological polar surface area (TPSA) is 55.8 Å². The molecule has 2 atom stereocenters. The van der Waals surface area contributed by atoms with Crippen LogP contribution in [-0.2, 0) is 16.6 Å². The summed E-state index contributed by atoms with van der Waals surface area (Å²) in [6, 6.07) is 10.1. The molecule has 3 aromatic rings. The average molecular weight is 709 g/mol. The molecule has 1 N–H and O–H groups in total. The van der Waals surface area contributed by atoms with Crippen LogP contribution in [0.25, 0.3) is 0 Å². The SMILES string of the molecule is CC(C)Oc1cc([C@](CC(=O)C(F)C(O)(C(F)(F)F)C(F)(F)F)(Cc2ccccc2)c2cc(F)cc(OC(F)(F)C(F)F)c2)ccc1F. The van der Waals surface area contributed by atoms with E-state index in [-0.39, 0.29) is 11.6 Å². The zero-order valence-electron chi connectivity index (χ0n) is 24.6. The van der Waals surface area contributed by atoms with E-state index in [2.05, 4.69) is 4.74 Å². The van der Waals surface area contributed by atoms with E-state index in [0.29, 0.717) is 18.2 Å². The number of benzene rings is 3. The number of alkyl halides is 11. The largest absolute Gasteiger partial charge is 0.488 e. The molecule has 0 heterocycles. The summed E-state index contributed by atoms with van der Waals surface area (Å²) in [6.07, 6.45) is -31.5. The molecule has 1 unspecified atom stereocenters. The summed E-state index contributed by atoms with van der Waals surface area (Å²) in [5, 5.41) is 9.65. The van der Waals surface area contributed by atoms with Gasteiger partial charge in [0.05, 0.1) is 6.10 Å². The third kappa shape index (κ3) is 7.98. The van der Waals surface area contributed by atoms with Crippen molar-refractivity contribution >= 4 is 5.78 Å². The zero-order valence-corrected chi connectivity index (χ0v) is 24.6. The van der Waals surface area contributed by atoms with Crippen molar-refractivity contribution in [3.8, 4) is 11.5 Å². The molecule has 264 valence electrons. The van der Waals surface area contributed by atoms with E-state index in [1.54, 1.807) is 0 Å². The zero-order chi connectivity index (χ0) is 36.5. The fourth-order valence-corrected chi connectivity index (χ4v) is 4.89. The summed E-state index contributed by atoms with van der Waals surface area (Å²) in [5.74, 6) is -7.16. The van der Waals surface area contributed by atoms with Crippen LogP contribution in [0.3, 0.4) is 0 Å². The first-order valence-electron chi connectivity index (χ1n) is 13.6. The maximum absolute atomic E-state index is 15.3. The Bertz CT molecular complexity index is 1560. The molecular weight excluding hydrogens is 683 g/mol. The van der Waals surface area contributed by atoms with Gasteiger partial charge in [0, 0.05) is 17.9 Å². The molecule has 0 aromatic heterocycles. The van der Waals surface area contributed by atoms with Gasteiger partial charge in [0.15, 0.2) is 17.3 Å². The lowest BCUT2D eigenvalue weighted by atomic mass is 9.66. The van der Waals surface area contributed by atoms with Crippen molar-refractivity contribution < 1.29 is 76.5 Å². The molecule has 3 aromatic carbocycles. The molecule has 0 fully saturated rings. The molecule has 17 heteroatoms. The molecule has 0 aliphatic heterocycles. The van der Waals surface area contributed by atoms with Gasteiger partial charge in [-0.15, -0.1) is 0 Å². The van der Waals surface area contributed by atoms with Crippen LogP contribution in [0.1, 0.15) is 37.0 Å². The smallest absolute Gasteiger partial charge is 0.461 e. The molecule has 0 aliphatic rings. The number of hydrogen-bond acceptors (Lipinski definition) is 4. The Kier molecular flexibility index (Phi) is 11.1. The van der Waals surface area contributed by atoms with Crippen molar-refractivity contribution in [1.82, 2.24) is 0 Å². The van der Waals surface area contributed by atoms with Crippen LogP contribution in [-0.4, -0.2) is 53.7 Å². The van der Waals surface area contributed by atoms with E-state index in [4.69, 9.17) is 4.74 Å². The Morgan fingerprint density at radius 3 is 1.90 bits per heavy atom. The van der Waals surface area contributed by atoms with Gasteiger partial charge >= 0.3 is 24.9 Å². The van der Waals surface area contributed by atoms with Crippen molar-refractivity contribution in [2.45, 2.75) is 74.9 Å². The van der Waals surface area contributed by atoms with Crippen molar-refractivity contribution in [3.63, 3.8) is 0 Å². The summed E-state index contributed by atoms with van der Waals surface area (Å²) in [6.45, 7) is 2.85. The van der Waals surface area contributed by atoms with Gasteiger partial charge in [-0.05, 0) is 61.2 Å². The third-order valence-corrected chi connectivity index (χ3v) is 7.12. The Balaban J connectivity index is 2.43. The third-order valence-electron chi connectivity index (χ3n) is 7.12. The average Bonchev–Trinajstić information content (AvgIpc) is 2.95. The van der Waals surface area contributed by atoms with Gasteiger partial charge < -0.3 is 14.6 Å². The Morgan fingerprint density at radius 1 is 0.792 bits per heavy atom. The van der Waals surface area contributed by atoms with Crippen molar-refractivity contribution in [3.05, 3.63) is 95.1 Å². The maximum atomic E-state index is 15.3. The van der Waals surface area contributed by atoms with Gasteiger partial charge in [0.25, 0.3) is 5.60 Å². The lowest BCUT2D eigenvalue weighted by Crippen LogP contribution is -2.65. The van der Waals surface area contributed by atoms with Gasteiger partial charge in [-0.2, -0.15) is 43.9 Å². The number of ketones is 1. The van der Waals surface area contributed by atoms with E-state index in [0.717, 1.165) is 12.1 Å². The van der Waals surface area contributed by atoms with Gasteiger partial charge in [0.2, 0.25) is 6.17 Å². The highest BCUT2D eigenvalue weighted by atomic mass is 19.4. The van der Waals surface area contributed by atoms with E-state index in [1.165, 1.54) is 44.2 Å². The first-order valence-corrected chi connectivity index (χ1v) is 13.6. The molecule has 48 heavy (non-hydrogen) atoms. The first-order chi connectivity index (χ1) is 21.9. The van der Waals surface area contributed by atoms with Crippen LogP contribution in [0.5, 0.6) is 11.5 Å². The normalized spacial score (nSPS) is 15.0. The van der Waals surface area contributed by atoms with Crippen molar-refractivity contribution in [2.24, 2.45) is 0 Å². The molecule has 0 saturated carbocycles. The van der Waals surface area contributed by atoms with E-state index in [1.807, 2.05) is 0 Å². The second kappa shape index (κ2) is 13.8. The van der Waals surface area contributed by atoms with Gasteiger partial charge in [-0.1, -0.05) is 36.4 Å². The van der Waals surface area contributed by atoms with Gasteiger partial charge in [-0.3, -0.25) is 4.79 Å². The number of ether oxygens (including phenoxy) is 2. The van der Waals surface area contributed by atoms with Crippen LogP contribution >= 0.6 is 0 Å². The number of halogens is 13. The lowest BCUT2D eigenvalue weighted by molar-refractivity contribution is -0.380. The second-order valence-corrected chi connectivity index (χ2v) is 11.0. The fourth-order valence-electron chi connectivity index (χ4n) is 4.89. The number of aliphatic hydroxyl groups is 1. The number of carbonyl (C=O) groups is 1. The van der Waals surface area contributed by atoms with E-state index < -0.39 is 101 Å². The van der Waals surface area contributed by atoms with Crippen LogP contribution in [0.15, 0.2) is 66.7 Å². The highest BCUT2D eigenvalue weighted by Gasteiger charge is 2.76. The molecule has 0 saturated heterocycles. The summed E-state index contributed by atoms with van der Waals surface area (Å²) in [4.78, 5) is 13.3. The molecular formula is C31H25F13O4. The number of rotatable bonds is 13. The van der Waals surface area contributed by atoms with Crippen LogP contribution in [0.4, 0.5) is 57.1 Å². The molecule has 0 amide bonds. The summed E-state index contributed by atoms with van der Waals surface area (Å²) in [5.41, 5.74) is -10.0. The lowest BCUT2D eigenvalue weighted by Gasteiger charge is -2.38. The van der Waals surface area contributed by atoms with Crippen LogP contribution in [0, 0.1) is 11.6 Å². The maximum Gasteiger partial charge on any atom is 0.461 e. The molecule has 4 nitrogen and oxygen atoms in total. The Labute approximate surface area is 264 Å². The summed E-state index contributed by atoms with van der Waals surface area (Å²) >= 11 is 0. The van der Waals surface area contributed by atoms with Gasteiger partial charge in [-0.25, -0.2) is 13.2 Å².